The van der Waals surface area contributed by atoms with Crippen molar-refractivity contribution in [3.05, 3.63) is 39.6 Å². The highest BCUT2D eigenvalue weighted by Gasteiger charge is 2.31. The summed E-state index contributed by atoms with van der Waals surface area (Å²) in [6, 6.07) is 5.76. The van der Waals surface area contributed by atoms with E-state index in [0.717, 1.165) is 40.1 Å². The van der Waals surface area contributed by atoms with Crippen LogP contribution >= 0.6 is 15.9 Å². The first kappa shape index (κ1) is 15.5. The van der Waals surface area contributed by atoms with Crippen LogP contribution in [0.3, 0.4) is 0 Å². The fourth-order valence-electron chi connectivity index (χ4n) is 2.86. The lowest BCUT2D eigenvalue weighted by molar-refractivity contribution is 0.0745. The fraction of sp³-hybridized carbons (Fsp3) is 0.412. The molecule has 24 heavy (non-hydrogen) atoms. The molecule has 1 aliphatic heterocycles. The van der Waals surface area contributed by atoms with Gasteiger partial charge in [0, 0.05) is 19.0 Å². The Labute approximate surface area is 148 Å². The van der Waals surface area contributed by atoms with Crippen molar-refractivity contribution in [3.8, 4) is 11.5 Å². The van der Waals surface area contributed by atoms with Gasteiger partial charge >= 0.3 is 0 Å². The van der Waals surface area contributed by atoms with Crippen LogP contribution in [0.25, 0.3) is 0 Å². The van der Waals surface area contributed by atoms with E-state index in [4.69, 9.17) is 9.47 Å². The molecule has 1 aliphatic carbocycles. The number of ether oxygens (including phenoxy) is 2. The Morgan fingerprint density at radius 3 is 2.92 bits per heavy atom. The Morgan fingerprint density at radius 1 is 1.38 bits per heavy atom. The zero-order chi connectivity index (χ0) is 16.7. The lowest BCUT2D eigenvalue weighted by atomic mass is 10.1. The summed E-state index contributed by atoms with van der Waals surface area (Å²) in [6.07, 6.45) is 2.31. The van der Waals surface area contributed by atoms with Crippen molar-refractivity contribution in [1.29, 1.82) is 0 Å². The minimum Gasteiger partial charge on any atom is -0.454 e. The topological polar surface area (TPSA) is 67.5 Å². The molecule has 6 nitrogen and oxygen atoms in total. The van der Waals surface area contributed by atoms with E-state index in [1.807, 2.05) is 25.1 Å². The smallest absolute Gasteiger partial charge is 0.275 e. The lowest BCUT2D eigenvalue weighted by Crippen LogP contribution is -2.30. The van der Waals surface area contributed by atoms with E-state index in [2.05, 4.69) is 26.1 Å². The van der Waals surface area contributed by atoms with Crippen molar-refractivity contribution in [1.82, 2.24) is 15.1 Å². The number of nitrogens with one attached hydrogen (secondary N) is 1. The van der Waals surface area contributed by atoms with E-state index in [9.17, 15) is 4.79 Å². The van der Waals surface area contributed by atoms with E-state index in [1.54, 1.807) is 4.90 Å². The van der Waals surface area contributed by atoms with Gasteiger partial charge in [-0.1, -0.05) is 6.07 Å². The minimum atomic E-state index is -0.0785. The molecular weight excluding hydrogens is 374 g/mol. The molecule has 0 atom stereocenters. The van der Waals surface area contributed by atoms with Crippen molar-refractivity contribution >= 4 is 21.8 Å². The van der Waals surface area contributed by atoms with Crippen molar-refractivity contribution in [2.75, 3.05) is 13.3 Å². The van der Waals surface area contributed by atoms with E-state index in [-0.39, 0.29) is 12.7 Å². The predicted octanol–water partition coefficient (Wildman–Crippen LogP) is 3.44. The number of nitrogens with zero attached hydrogens (tertiary/aromatic N) is 2. The van der Waals surface area contributed by atoms with Crippen LogP contribution in [0.1, 0.15) is 47.4 Å². The van der Waals surface area contributed by atoms with E-state index in [1.165, 1.54) is 0 Å². The monoisotopic (exact) mass is 391 g/mol. The highest BCUT2D eigenvalue weighted by molar-refractivity contribution is 9.10. The maximum Gasteiger partial charge on any atom is 0.275 e. The van der Waals surface area contributed by atoms with Crippen molar-refractivity contribution in [3.63, 3.8) is 0 Å². The second-order valence-corrected chi connectivity index (χ2v) is 6.87. The summed E-state index contributed by atoms with van der Waals surface area (Å²) in [5.74, 6) is 1.91. The molecule has 126 valence electrons. The molecule has 2 heterocycles. The molecular formula is C17H18BrN3O3. The predicted molar refractivity (Wildman–Crippen MR) is 91.2 cm³/mol. The molecule has 1 N–H and O–H groups in total. The number of amides is 1. The molecule has 1 aromatic heterocycles. The number of hydrogen-bond acceptors (Lipinski definition) is 4. The molecule has 2 aromatic rings. The van der Waals surface area contributed by atoms with Gasteiger partial charge in [0.05, 0.1) is 10.2 Å². The average molecular weight is 392 g/mol. The second kappa shape index (κ2) is 6.12. The summed E-state index contributed by atoms with van der Waals surface area (Å²) in [5, 5.41) is 7.25. The fourth-order valence-corrected chi connectivity index (χ4v) is 3.53. The highest BCUT2D eigenvalue weighted by Crippen LogP contribution is 2.43. The van der Waals surface area contributed by atoms with Gasteiger partial charge in [0.1, 0.15) is 0 Å². The van der Waals surface area contributed by atoms with Gasteiger partial charge in [0.2, 0.25) is 6.79 Å². The zero-order valence-corrected chi connectivity index (χ0v) is 14.9. The molecule has 1 saturated carbocycles. The van der Waals surface area contributed by atoms with Crippen LogP contribution in [0.4, 0.5) is 0 Å². The number of halogens is 1. The maximum atomic E-state index is 12.8. The quantitative estimate of drug-likeness (QED) is 0.847. The largest absolute Gasteiger partial charge is 0.454 e. The summed E-state index contributed by atoms with van der Waals surface area (Å²) < 4.78 is 11.5. The number of rotatable bonds is 5. The standard InChI is InChI=1S/C17H18BrN3O3/c1-2-21(8-10-3-6-12-13(7-10)24-9-23-12)17(22)16-14(18)15(19-20-16)11-4-5-11/h3,6-7,11H,2,4-5,8-9H2,1H3,(H,19,20). The van der Waals surface area contributed by atoms with Crippen LogP contribution in [-0.4, -0.2) is 34.3 Å². The van der Waals surface area contributed by atoms with Crippen LogP contribution < -0.4 is 9.47 Å². The average Bonchev–Trinajstić information content (AvgIpc) is 3.19. The Hall–Kier alpha value is -2.02. The van der Waals surface area contributed by atoms with Crippen LogP contribution in [-0.2, 0) is 6.54 Å². The number of H-pyrrole nitrogens is 1. The van der Waals surface area contributed by atoms with E-state index in [0.29, 0.717) is 24.7 Å². The van der Waals surface area contributed by atoms with Gasteiger partial charge in [-0.3, -0.25) is 9.89 Å². The molecule has 7 heteroatoms. The van der Waals surface area contributed by atoms with Crippen LogP contribution in [0, 0.1) is 0 Å². The van der Waals surface area contributed by atoms with Gasteiger partial charge in [-0.25, -0.2) is 0 Å². The normalized spacial score (nSPS) is 15.6. The molecule has 1 aromatic carbocycles. The number of hydrogen-bond donors (Lipinski definition) is 1. The number of fused-ring (bicyclic) bond motifs is 1. The Bertz CT molecular complexity index is 785. The summed E-state index contributed by atoms with van der Waals surface area (Å²) >= 11 is 3.54. The number of carbonyl (C=O) groups is 1. The Morgan fingerprint density at radius 2 is 2.17 bits per heavy atom. The Kier molecular flexibility index (Phi) is 3.96. The number of aromatic amines is 1. The van der Waals surface area contributed by atoms with Gasteiger partial charge < -0.3 is 14.4 Å². The van der Waals surface area contributed by atoms with Gasteiger partial charge in [-0.2, -0.15) is 5.10 Å². The summed E-state index contributed by atoms with van der Waals surface area (Å²) in [5.41, 5.74) is 2.50. The third kappa shape index (κ3) is 2.77. The molecule has 0 saturated heterocycles. The highest BCUT2D eigenvalue weighted by atomic mass is 79.9. The summed E-state index contributed by atoms with van der Waals surface area (Å²) in [6.45, 7) is 3.32. The van der Waals surface area contributed by atoms with Crippen molar-refractivity contribution < 1.29 is 14.3 Å². The number of aromatic nitrogens is 2. The SMILES string of the molecule is CCN(Cc1ccc2c(c1)OCO2)C(=O)c1n[nH]c(C2CC2)c1Br. The first-order chi connectivity index (χ1) is 11.7. The van der Waals surface area contributed by atoms with Crippen molar-refractivity contribution in [2.45, 2.75) is 32.2 Å². The molecule has 1 amide bonds. The molecule has 0 spiro atoms. The summed E-state index contributed by atoms with van der Waals surface area (Å²) in [7, 11) is 0. The molecule has 2 aliphatic rings. The molecule has 4 rings (SSSR count). The second-order valence-electron chi connectivity index (χ2n) is 6.08. The third-order valence-electron chi connectivity index (χ3n) is 4.40. The zero-order valence-electron chi connectivity index (χ0n) is 13.3. The lowest BCUT2D eigenvalue weighted by Gasteiger charge is -2.20. The molecule has 0 bridgehead atoms. The van der Waals surface area contributed by atoms with E-state index < -0.39 is 0 Å². The minimum absolute atomic E-state index is 0.0785. The van der Waals surface area contributed by atoms with Gasteiger partial charge in [-0.15, -0.1) is 0 Å². The van der Waals surface area contributed by atoms with Gasteiger partial charge in [-0.05, 0) is 53.4 Å². The Balaban J connectivity index is 1.53. The van der Waals surface area contributed by atoms with Gasteiger partial charge in [0.15, 0.2) is 17.2 Å². The summed E-state index contributed by atoms with van der Waals surface area (Å²) in [4.78, 5) is 14.6. The van der Waals surface area contributed by atoms with E-state index >= 15 is 0 Å². The van der Waals surface area contributed by atoms with Crippen LogP contribution in [0.2, 0.25) is 0 Å². The number of benzene rings is 1. The molecule has 0 radical (unpaired) electrons. The van der Waals surface area contributed by atoms with Gasteiger partial charge in [0.25, 0.3) is 5.91 Å². The third-order valence-corrected chi connectivity index (χ3v) is 5.20. The number of carbonyl (C=O) groups excluding carboxylic acids is 1. The van der Waals surface area contributed by atoms with Crippen LogP contribution in [0.5, 0.6) is 11.5 Å². The first-order valence-corrected chi connectivity index (χ1v) is 8.88. The van der Waals surface area contributed by atoms with Crippen molar-refractivity contribution in [2.24, 2.45) is 0 Å². The molecule has 1 fully saturated rings. The maximum absolute atomic E-state index is 12.8. The first-order valence-electron chi connectivity index (χ1n) is 8.09. The van der Waals surface area contributed by atoms with Crippen LogP contribution in [0.15, 0.2) is 22.7 Å². The molecule has 0 unspecified atom stereocenters.